The second-order valence-electron chi connectivity index (χ2n) is 6.70. The molecule has 23 heavy (non-hydrogen) atoms. The Balaban J connectivity index is 1.79. The van der Waals surface area contributed by atoms with Crippen molar-refractivity contribution in [2.75, 3.05) is 20.1 Å². The van der Waals surface area contributed by atoms with Gasteiger partial charge in [0.15, 0.2) is 5.03 Å². The number of aliphatic hydroxyl groups is 1. The van der Waals surface area contributed by atoms with Crippen LogP contribution in [0, 0.1) is 0 Å². The van der Waals surface area contributed by atoms with Gasteiger partial charge < -0.3 is 9.67 Å². The second-order valence-corrected chi connectivity index (χ2v) is 8.64. The van der Waals surface area contributed by atoms with Crippen molar-refractivity contribution < 1.29 is 13.5 Å². The molecule has 2 aliphatic rings. The van der Waals surface area contributed by atoms with E-state index >= 15 is 0 Å². The number of hydrogen-bond acceptors (Lipinski definition) is 5. The number of aliphatic hydroxyl groups excluding tert-OH is 1. The lowest BCUT2D eigenvalue weighted by Gasteiger charge is -2.42. The van der Waals surface area contributed by atoms with Crippen LogP contribution in [0.5, 0.6) is 0 Å². The summed E-state index contributed by atoms with van der Waals surface area (Å²) in [6, 6.07) is -0.320. The highest BCUT2D eigenvalue weighted by Gasteiger charge is 2.42. The number of hydrogen-bond donors (Lipinski definition) is 1. The summed E-state index contributed by atoms with van der Waals surface area (Å²) < 4.78 is 28.4. The summed E-state index contributed by atoms with van der Waals surface area (Å²) in [6.45, 7) is 2.01. The van der Waals surface area contributed by atoms with E-state index in [0.29, 0.717) is 6.42 Å². The van der Waals surface area contributed by atoms with Gasteiger partial charge in [0.05, 0.1) is 18.5 Å². The molecule has 1 aromatic heterocycles. The third-order valence-electron chi connectivity index (χ3n) is 5.19. The van der Waals surface area contributed by atoms with Gasteiger partial charge in [0.25, 0.3) is 10.0 Å². The molecule has 130 valence electrons. The molecule has 1 aliphatic heterocycles. The van der Waals surface area contributed by atoms with E-state index in [2.05, 4.69) is 9.88 Å². The minimum atomic E-state index is -3.67. The van der Waals surface area contributed by atoms with E-state index < -0.39 is 16.1 Å². The van der Waals surface area contributed by atoms with Crippen molar-refractivity contribution in [2.24, 2.45) is 7.05 Å². The molecule has 0 radical (unpaired) electrons. The van der Waals surface area contributed by atoms with E-state index in [1.807, 2.05) is 0 Å². The number of aryl methyl sites for hydroxylation is 1. The lowest BCUT2D eigenvalue weighted by molar-refractivity contribution is -0.0104. The fourth-order valence-corrected chi connectivity index (χ4v) is 5.21. The number of likely N-dealkylation sites (tertiary alicyclic amines) is 1. The first kappa shape index (κ1) is 16.9. The number of aromatic nitrogens is 2. The van der Waals surface area contributed by atoms with Crippen molar-refractivity contribution in [1.29, 1.82) is 0 Å². The molecule has 1 N–H and O–H groups in total. The molecule has 3 rings (SSSR count). The maximum Gasteiger partial charge on any atom is 0.262 e. The fourth-order valence-electron chi connectivity index (χ4n) is 3.85. The van der Waals surface area contributed by atoms with E-state index in [1.165, 1.54) is 16.8 Å². The molecule has 1 aliphatic carbocycles. The fraction of sp³-hybridized carbons (Fsp3) is 0.800. The Morgan fingerprint density at radius 1 is 1.26 bits per heavy atom. The lowest BCUT2D eigenvalue weighted by atomic mass is 9.87. The van der Waals surface area contributed by atoms with Gasteiger partial charge in [-0.3, -0.25) is 4.90 Å². The number of imidazole rings is 1. The van der Waals surface area contributed by atoms with Gasteiger partial charge in [-0.05, 0) is 38.8 Å². The van der Waals surface area contributed by atoms with E-state index in [9.17, 15) is 13.5 Å². The zero-order valence-corrected chi connectivity index (χ0v) is 14.6. The van der Waals surface area contributed by atoms with E-state index in [0.717, 1.165) is 38.8 Å². The number of sulfonamides is 1. The Bertz CT molecular complexity index is 639. The summed E-state index contributed by atoms with van der Waals surface area (Å²) in [5, 5.41) is 10.8. The Morgan fingerprint density at radius 2 is 1.96 bits per heavy atom. The van der Waals surface area contributed by atoms with Crippen LogP contribution in [0.4, 0.5) is 0 Å². The monoisotopic (exact) mass is 342 g/mol. The predicted octanol–water partition coefficient (Wildman–Crippen LogP) is 0.418. The molecule has 2 fully saturated rings. The van der Waals surface area contributed by atoms with E-state index in [1.54, 1.807) is 18.7 Å². The zero-order chi connectivity index (χ0) is 16.6. The molecule has 0 unspecified atom stereocenters. The quantitative estimate of drug-likeness (QED) is 0.858. The van der Waals surface area contributed by atoms with Gasteiger partial charge >= 0.3 is 0 Å². The van der Waals surface area contributed by atoms with Crippen LogP contribution in [0.25, 0.3) is 0 Å². The number of rotatable bonds is 4. The van der Waals surface area contributed by atoms with Gasteiger partial charge in [-0.1, -0.05) is 6.42 Å². The van der Waals surface area contributed by atoms with Crippen LogP contribution in [-0.2, 0) is 17.1 Å². The van der Waals surface area contributed by atoms with Crippen molar-refractivity contribution >= 4 is 10.0 Å². The van der Waals surface area contributed by atoms with Crippen LogP contribution in [-0.4, -0.2) is 70.6 Å². The van der Waals surface area contributed by atoms with Gasteiger partial charge in [-0.25, -0.2) is 13.4 Å². The molecular formula is C15H26N4O3S. The average Bonchev–Trinajstić information content (AvgIpc) is 3.18. The van der Waals surface area contributed by atoms with Gasteiger partial charge in [0.1, 0.15) is 0 Å². The third-order valence-corrected chi connectivity index (χ3v) is 6.96. The van der Waals surface area contributed by atoms with Crippen molar-refractivity contribution in [3.63, 3.8) is 0 Å². The summed E-state index contributed by atoms with van der Waals surface area (Å²) in [6.07, 6.45) is 7.22. The summed E-state index contributed by atoms with van der Waals surface area (Å²) in [7, 11) is -0.374. The van der Waals surface area contributed by atoms with E-state index in [-0.39, 0.29) is 17.1 Å². The summed E-state index contributed by atoms with van der Waals surface area (Å²) in [5.74, 6) is 0. The lowest BCUT2D eigenvalue weighted by Crippen LogP contribution is -2.56. The first-order valence-electron chi connectivity index (χ1n) is 8.29. The highest BCUT2D eigenvalue weighted by molar-refractivity contribution is 7.89. The molecule has 0 amide bonds. The molecule has 8 heteroatoms. The molecule has 1 aromatic rings. The molecule has 7 nitrogen and oxygen atoms in total. The summed E-state index contributed by atoms with van der Waals surface area (Å²) in [5.41, 5.74) is 0. The zero-order valence-electron chi connectivity index (χ0n) is 13.8. The molecule has 3 atom stereocenters. The average molecular weight is 342 g/mol. The summed E-state index contributed by atoms with van der Waals surface area (Å²) in [4.78, 5) is 6.28. The number of nitrogens with zero attached hydrogens (tertiary/aromatic N) is 4. The summed E-state index contributed by atoms with van der Waals surface area (Å²) >= 11 is 0. The molecule has 1 saturated carbocycles. The van der Waals surface area contributed by atoms with Gasteiger partial charge in [0, 0.05) is 26.3 Å². The molecule has 2 heterocycles. The molecular weight excluding hydrogens is 316 g/mol. The molecule has 0 aromatic carbocycles. The van der Waals surface area contributed by atoms with Crippen LogP contribution in [0.1, 0.15) is 32.1 Å². The normalized spacial score (nSPS) is 30.2. The predicted molar refractivity (Wildman–Crippen MR) is 86.4 cm³/mol. The second kappa shape index (κ2) is 6.51. The molecule has 1 saturated heterocycles. The van der Waals surface area contributed by atoms with Crippen molar-refractivity contribution in [3.8, 4) is 0 Å². The van der Waals surface area contributed by atoms with Crippen LogP contribution in [0.3, 0.4) is 0 Å². The Kier molecular flexibility index (Phi) is 4.78. The largest absolute Gasteiger partial charge is 0.390 e. The maximum atomic E-state index is 12.7. The first-order chi connectivity index (χ1) is 10.9. The topological polar surface area (TPSA) is 78.7 Å². The Labute approximate surface area is 138 Å². The Morgan fingerprint density at radius 3 is 2.57 bits per heavy atom. The Hall–Kier alpha value is -0.960. The first-order valence-corrected chi connectivity index (χ1v) is 9.73. The SMILES string of the molecule is CN([C@@H]1CCC[C@@H](N2CCCC2)[C@@H]1O)S(=O)(=O)c1cn(C)cn1. The van der Waals surface area contributed by atoms with Crippen LogP contribution < -0.4 is 0 Å². The highest BCUT2D eigenvalue weighted by atomic mass is 32.2. The maximum absolute atomic E-state index is 12.7. The molecule has 0 bridgehead atoms. The third kappa shape index (κ3) is 3.17. The van der Waals surface area contributed by atoms with Gasteiger partial charge in [0.2, 0.25) is 0 Å². The van der Waals surface area contributed by atoms with Crippen molar-refractivity contribution in [3.05, 3.63) is 12.5 Å². The molecule has 0 spiro atoms. The minimum absolute atomic E-state index is 0.0398. The van der Waals surface area contributed by atoms with Crippen LogP contribution in [0.2, 0.25) is 0 Å². The highest BCUT2D eigenvalue weighted by Crippen LogP contribution is 2.31. The smallest absolute Gasteiger partial charge is 0.262 e. The van der Waals surface area contributed by atoms with Gasteiger partial charge in [-0.15, -0.1) is 0 Å². The van der Waals surface area contributed by atoms with Crippen molar-refractivity contribution in [1.82, 2.24) is 18.8 Å². The van der Waals surface area contributed by atoms with Crippen LogP contribution in [0.15, 0.2) is 17.6 Å². The van der Waals surface area contributed by atoms with Crippen molar-refractivity contribution in [2.45, 2.75) is 55.3 Å². The number of likely N-dealkylation sites (N-methyl/N-ethyl adjacent to an activating group) is 1. The standard InChI is InChI=1S/C15H26N4O3S/c1-17-10-14(16-11-17)23(21,22)18(2)12-6-5-7-13(15(12)20)19-8-3-4-9-19/h10-13,15,20H,3-9H2,1-2H3/t12-,13-,15-/m1/s1. The van der Waals surface area contributed by atoms with E-state index in [4.69, 9.17) is 0 Å². The van der Waals surface area contributed by atoms with Crippen LogP contribution >= 0.6 is 0 Å². The minimum Gasteiger partial charge on any atom is -0.390 e. The van der Waals surface area contributed by atoms with Gasteiger partial charge in [-0.2, -0.15) is 4.31 Å².